The first-order valence-electron chi connectivity index (χ1n) is 16.2. The van der Waals surface area contributed by atoms with Crippen molar-refractivity contribution >= 4 is 33.5 Å². The molecule has 0 N–H and O–H groups in total. The van der Waals surface area contributed by atoms with Crippen LogP contribution in [0.2, 0.25) is 0 Å². The van der Waals surface area contributed by atoms with Crippen molar-refractivity contribution < 1.29 is 22.7 Å². The summed E-state index contributed by atoms with van der Waals surface area (Å²) in [5, 5.41) is -0.0680. The Labute approximate surface area is 284 Å². The van der Waals surface area contributed by atoms with Gasteiger partial charge in [-0.05, 0) is 85.0 Å². The molecule has 2 atom stereocenters. The van der Waals surface area contributed by atoms with Gasteiger partial charge in [-0.2, -0.15) is 0 Å². The van der Waals surface area contributed by atoms with Gasteiger partial charge in [-0.15, -0.1) is 0 Å². The van der Waals surface area contributed by atoms with Crippen LogP contribution in [0.3, 0.4) is 0 Å². The number of hydrogen-bond acceptors (Lipinski definition) is 6. The van der Waals surface area contributed by atoms with E-state index in [1.165, 1.54) is 0 Å². The Balaban J connectivity index is 1.42. The number of unbranched alkanes of at least 4 members (excludes halogenated alkanes) is 1. The van der Waals surface area contributed by atoms with Crippen molar-refractivity contribution in [1.82, 2.24) is 9.55 Å². The second-order valence-electron chi connectivity index (χ2n) is 11.6. The Bertz CT molecular complexity index is 1690. The van der Waals surface area contributed by atoms with Gasteiger partial charge in [0.2, 0.25) is 0 Å². The Morgan fingerprint density at radius 1 is 0.936 bits per heavy atom. The number of benzene rings is 3. The van der Waals surface area contributed by atoms with Gasteiger partial charge in [0.15, 0.2) is 5.78 Å². The topological polar surface area (TPSA) is 87.5 Å². The van der Waals surface area contributed by atoms with Gasteiger partial charge in [-0.3, -0.25) is 13.2 Å². The smallest absolute Gasteiger partial charge is 0.160 e. The van der Waals surface area contributed by atoms with Crippen molar-refractivity contribution in [2.24, 2.45) is 0 Å². The number of ether oxygens (including phenoxy) is 2. The van der Waals surface area contributed by atoms with E-state index in [9.17, 15) is 13.2 Å². The fourth-order valence-electron chi connectivity index (χ4n) is 4.98. The largest absolute Gasteiger partial charge is 0.491 e. The molecule has 4 rings (SSSR count). The Kier molecular flexibility index (Phi) is 13.9. The zero-order valence-electron chi connectivity index (χ0n) is 28.1. The van der Waals surface area contributed by atoms with Crippen LogP contribution in [-0.4, -0.2) is 48.8 Å². The van der Waals surface area contributed by atoms with Crippen LogP contribution in [0.25, 0.3) is 17.2 Å². The summed E-state index contributed by atoms with van der Waals surface area (Å²) in [4.78, 5) is 18.8. The van der Waals surface area contributed by atoms with Crippen LogP contribution in [0.15, 0.2) is 88.9 Å². The van der Waals surface area contributed by atoms with Gasteiger partial charge in [0, 0.05) is 34.6 Å². The molecule has 0 aliphatic carbocycles. The van der Waals surface area contributed by atoms with Crippen LogP contribution in [0.1, 0.15) is 63.1 Å². The van der Waals surface area contributed by atoms with Gasteiger partial charge >= 0.3 is 0 Å². The summed E-state index contributed by atoms with van der Waals surface area (Å²) in [6, 6.07) is 21.1. The molecule has 1 heterocycles. The van der Waals surface area contributed by atoms with Crippen molar-refractivity contribution in [2.45, 2.75) is 81.2 Å². The van der Waals surface area contributed by atoms with E-state index in [0.717, 1.165) is 65.4 Å². The first-order valence-corrected chi connectivity index (χ1v) is 18.8. The fourth-order valence-corrected chi connectivity index (χ4v) is 7.28. The van der Waals surface area contributed by atoms with Crippen molar-refractivity contribution in [3.8, 4) is 16.9 Å². The van der Waals surface area contributed by atoms with E-state index in [0.29, 0.717) is 28.8 Å². The van der Waals surface area contributed by atoms with Crippen LogP contribution in [-0.2, 0) is 49.8 Å². The molecular weight excluding hydrogens is 629 g/mol. The predicted octanol–water partition coefficient (Wildman–Crippen LogP) is 7.72. The maximum absolute atomic E-state index is 13.2. The van der Waals surface area contributed by atoms with Crippen LogP contribution in [0, 0.1) is 6.92 Å². The summed E-state index contributed by atoms with van der Waals surface area (Å²) < 4.78 is 39.6. The number of nitrogens with zero attached hydrogens (tertiary/aromatic N) is 2. The number of aryl methyl sites for hydroxylation is 2. The molecule has 9 heteroatoms. The van der Waals surface area contributed by atoms with E-state index in [4.69, 9.17) is 9.47 Å². The lowest BCUT2D eigenvalue weighted by Gasteiger charge is -2.12. The highest BCUT2D eigenvalue weighted by Crippen LogP contribution is 2.28. The summed E-state index contributed by atoms with van der Waals surface area (Å²) in [5.74, 6) is 1.09. The first-order chi connectivity index (χ1) is 22.7. The molecule has 0 aliphatic heterocycles. The lowest BCUT2D eigenvalue weighted by molar-refractivity contribution is -0.113. The summed E-state index contributed by atoms with van der Waals surface area (Å²) in [6.07, 6.45) is 7.47. The third kappa shape index (κ3) is 10.4. The second kappa shape index (κ2) is 18.0. The molecule has 0 amide bonds. The molecular formula is C38H46N2O5S2. The summed E-state index contributed by atoms with van der Waals surface area (Å²) in [6.45, 7) is 12.5. The molecule has 250 valence electrons. The highest BCUT2D eigenvalue weighted by atomic mass is 32.2. The molecule has 0 fully saturated rings. The van der Waals surface area contributed by atoms with E-state index < -0.39 is 21.6 Å². The van der Waals surface area contributed by atoms with Crippen LogP contribution >= 0.6 is 0 Å². The third-order valence-electron chi connectivity index (χ3n) is 7.76. The molecule has 4 aromatic rings. The molecule has 0 saturated carbocycles. The molecule has 0 radical (unpaired) electrons. The number of imidazole rings is 1. The van der Waals surface area contributed by atoms with E-state index in [2.05, 4.69) is 11.9 Å². The molecule has 7 nitrogen and oxygen atoms in total. The average molecular weight is 675 g/mol. The molecule has 1 aromatic heterocycles. The lowest BCUT2D eigenvalue weighted by Crippen LogP contribution is -2.07. The first kappa shape index (κ1) is 36.2. The molecule has 3 aromatic carbocycles. The number of rotatable bonds is 18. The minimum absolute atomic E-state index is 0.0680. The van der Waals surface area contributed by atoms with Gasteiger partial charge in [0.1, 0.15) is 12.4 Å². The maximum atomic E-state index is 13.2. The quantitative estimate of drug-likeness (QED) is 0.0794. The number of aromatic nitrogens is 2. The number of ketones is 1. The van der Waals surface area contributed by atoms with Crippen molar-refractivity contribution in [3.05, 3.63) is 102 Å². The SMILES string of the molecule is CCCCOCCOc1ccc(-c2ccc(S(=O)C(C)C)c(/C=C/C(=O)Cc3ccc([S@](=O)Cc4c(C)ncn4CC)cc3)c2)cc1. The van der Waals surface area contributed by atoms with Crippen molar-refractivity contribution in [1.29, 1.82) is 0 Å². The highest BCUT2D eigenvalue weighted by Gasteiger charge is 2.15. The van der Waals surface area contributed by atoms with Gasteiger partial charge in [-0.25, -0.2) is 4.98 Å². The number of hydrogen-bond donors (Lipinski definition) is 0. The van der Waals surface area contributed by atoms with Gasteiger partial charge in [-0.1, -0.05) is 63.6 Å². The van der Waals surface area contributed by atoms with Crippen molar-refractivity contribution in [3.63, 3.8) is 0 Å². The van der Waals surface area contributed by atoms with E-state index >= 15 is 0 Å². The lowest BCUT2D eigenvalue weighted by atomic mass is 10.0. The zero-order chi connectivity index (χ0) is 33.8. The molecule has 0 spiro atoms. The summed E-state index contributed by atoms with van der Waals surface area (Å²) in [7, 11) is -2.45. The Hall–Kier alpha value is -3.66. The monoisotopic (exact) mass is 674 g/mol. The Morgan fingerprint density at radius 3 is 2.34 bits per heavy atom. The van der Waals surface area contributed by atoms with Crippen molar-refractivity contribution in [2.75, 3.05) is 19.8 Å². The Morgan fingerprint density at radius 2 is 1.66 bits per heavy atom. The molecule has 47 heavy (non-hydrogen) atoms. The number of carbonyl (C=O) groups excluding carboxylic acids is 1. The average Bonchev–Trinajstić information content (AvgIpc) is 3.43. The standard InChI is InChI=1S/C38H46N2O5S2/c1-6-8-21-44-22-23-45-35-16-12-31(13-17-35)32-14-20-38(47(43)28(3)4)33(25-32)11-15-34(41)24-30-9-18-36(19-10-30)46(42)26-37-29(5)39-27-40(37)7-2/h9-20,25,27-28H,6-8,21-24,26H2,1-5H3/b15-11+/t46-,47?/m1/s1. The number of allylic oxidation sites excluding steroid dienone is 1. The minimum Gasteiger partial charge on any atom is -0.491 e. The number of carbonyl (C=O) groups is 1. The normalized spacial score (nSPS) is 12.9. The summed E-state index contributed by atoms with van der Waals surface area (Å²) in [5.41, 5.74) is 5.40. The highest BCUT2D eigenvalue weighted by molar-refractivity contribution is 7.85. The van der Waals surface area contributed by atoms with Gasteiger partial charge in [0.05, 0.1) is 51.7 Å². The molecule has 0 bridgehead atoms. The molecule has 0 aliphatic rings. The predicted molar refractivity (Wildman–Crippen MR) is 192 cm³/mol. The third-order valence-corrected chi connectivity index (χ3v) is 10.8. The van der Waals surface area contributed by atoms with Crippen LogP contribution in [0.4, 0.5) is 0 Å². The van der Waals surface area contributed by atoms with Gasteiger partial charge in [0.25, 0.3) is 0 Å². The summed E-state index contributed by atoms with van der Waals surface area (Å²) >= 11 is 0. The maximum Gasteiger partial charge on any atom is 0.160 e. The van der Waals surface area contributed by atoms with Crippen LogP contribution < -0.4 is 4.74 Å². The molecule has 0 saturated heterocycles. The fraction of sp³-hybridized carbons (Fsp3) is 0.368. The minimum atomic E-state index is -1.23. The van der Waals surface area contributed by atoms with E-state index in [1.807, 2.05) is 99.0 Å². The van der Waals surface area contributed by atoms with Gasteiger partial charge < -0.3 is 14.0 Å². The molecule has 1 unspecified atom stereocenters. The van der Waals surface area contributed by atoms with Crippen LogP contribution in [0.5, 0.6) is 5.75 Å². The van der Waals surface area contributed by atoms with E-state index in [-0.39, 0.29) is 17.5 Å². The zero-order valence-corrected chi connectivity index (χ0v) is 29.7. The second-order valence-corrected chi connectivity index (χ2v) is 15.0. The van der Waals surface area contributed by atoms with E-state index in [1.54, 1.807) is 18.5 Å².